The molecule has 1 aliphatic rings. The van der Waals surface area contributed by atoms with E-state index in [1.54, 1.807) is 4.90 Å². The van der Waals surface area contributed by atoms with E-state index in [9.17, 15) is 9.90 Å². The Labute approximate surface area is 120 Å². The monoisotopic (exact) mass is 279 g/mol. The van der Waals surface area contributed by atoms with Crippen molar-refractivity contribution in [2.75, 3.05) is 13.1 Å². The first kappa shape index (κ1) is 15.0. The zero-order chi connectivity index (χ0) is 14.9. The molecule has 1 fully saturated rings. The number of H-pyrrole nitrogens is 1. The van der Waals surface area contributed by atoms with Crippen molar-refractivity contribution in [2.45, 2.75) is 52.6 Å². The molecule has 1 amide bonds. The molecule has 2 N–H and O–H groups in total. The zero-order valence-corrected chi connectivity index (χ0v) is 12.8. The number of nitrogens with one attached hydrogen (secondary N) is 1. The number of aliphatic hydroxyl groups excluding tert-OH is 1. The van der Waals surface area contributed by atoms with Crippen LogP contribution >= 0.6 is 0 Å². The number of aliphatic hydroxyl groups is 1. The number of carbonyl (C=O) groups is 1. The molecule has 2 heterocycles. The Morgan fingerprint density at radius 2 is 2.20 bits per heavy atom. The molecule has 20 heavy (non-hydrogen) atoms. The molecule has 1 saturated heterocycles. The molecule has 1 aromatic heterocycles. The molecule has 3 atom stereocenters. The second-order valence-electron chi connectivity index (χ2n) is 5.99. The first-order chi connectivity index (χ1) is 9.43. The average molecular weight is 279 g/mol. The number of nitrogens with zero attached hydrogens (tertiary/aromatic N) is 2. The van der Waals surface area contributed by atoms with Gasteiger partial charge in [-0.05, 0) is 31.7 Å². The second kappa shape index (κ2) is 5.95. The maximum atomic E-state index is 12.4. The fourth-order valence-corrected chi connectivity index (χ4v) is 3.24. The van der Waals surface area contributed by atoms with Crippen molar-refractivity contribution in [3.8, 4) is 0 Å². The maximum absolute atomic E-state index is 12.4. The highest BCUT2D eigenvalue weighted by atomic mass is 16.3. The van der Waals surface area contributed by atoms with Gasteiger partial charge in [-0.15, -0.1) is 0 Å². The van der Waals surface area contributed by atoms with E-state index in [4.69, 9.17) is 0 Å². The fraction of sp³-hybridized carbons (Fsp3) is 0.733. The lowest BCUT2D eigenvalue weighted by Crippen LogP contribution is -2.30. The van der Waals surface area contributed by atoms with Gasteiger partial charge in [0, 0.05) is 31.1 Å². The van der Waals surface area contributed by atoms with E-state index in [2.05, 4.69) is 24.0 Å². The van der Waals surface area contributed by atoms with Crippen LogP contribution in [0.1, 0.15) is 49.6 Å². The van der Waals surface area contributed by atoms with Crippen LogP contribution in [-0.4, -0.2) is 45.3 Å². The minimum Gasteiger partial charge on any atom is -0.391 e. The number of aromatic nitrogens is 2. The largest absolute Gasteiger partial charge is 0.391 e. The van der Waals surface area contributed by atoms with Gasteiger partial charge in [-0.25, -0.2) is 0 Å². The molecule has 0 aromatic carbocycles. The Kier molecular flexibility index (Phi) is 4.48. The molecule has 1 aromatic rings. The van der Waals surface area contributed by atoms with Crippen LogP contribution in [0.15, 0.2) is 0 Å². The molecule has 5 heteroatoms. The van der Waals surface area contributed by atoms with Gasteiger partial charge in [0.25, 0.3) is 0 Å². The molecular formula is C15H25N3O2. The smallest absolute Gasteiger partial charge is 0.223 e. The third-order valence-electron chi connectivity index (χ3n) is 4.44. The standard InChI is InChI=1S/C15H25N3O2/c1-5-12-7-18(8-13(12)19)14(20)6-9(2)15-10(3)16-17-11(15)4/h9,12-13,19H,5-8H2,1-4H3,(H,16,17). The molecule has 5 nitrogen and oxygen atoms in total. The Morgan fingerprint density at radius 1 is 1.50 bits per heavy atom. The highest BCUT2D eigenvalue weighted by molar-refractivity contribution is 5.77. The van der Waals surface area contributed by atoms with Gasteiger partial charge in [-0.3, -0.25) is 9.89 Å². The number of hydrogen-bond donors (Lipinski definition) is 2. The van der Waals surface area contributed by atoms with Gasteiger partial charge in [0.2, 0.25) is 5.91 Å². The first-order valence-corrected chi connectivity index (χ1v) is 7.41. The van der Waals surface area contributed by atoms with E-state index in [0.717, 1.165) is 23.4 Å². The molecule has 0 saturated carbocycles. The van der Waals surface area contributed by atoms with E-state index >= 15 is 0 Å². The predicted molar refractivity (Wildman–Crippen MR) is 77.5 cm³/mol. The number of carbonyl (C=O) groups excluding carboxylic acids is 1. The Morgan fingerprint density at radius 3 is 2.70 bits per heavy atom. The van der Waals surface area contributed by atoms with Crippen LogP contribution in [0.4, 0.5) is 0 Å². The van der Waals surface area contributed by atoms with Crippen molar-refractivity contribution >= 4 is 5.91 Å². The minimum absolute atomic E-state index is 0.132. The first-order valence-electron chi connectivity index (χ1n) is 7.41. The number of rotatable bonds is 4. The van der Waals surface area contributed by atoms with E-state index in [0.29, 0.717) is 19.5 Å². The number of likely N-dealkylation sites (tertiary alicyclic amines) is 1. The highest BCUT2D eigenvalue weighted by Crippen LogP contribution is 2.27. The van der Waals surface area contributed by atoms with E-state index in [1.165, 1.54) is 0 Å². The summed E-state index contributed by atoms with van der Waals surface area (Å²) in [5.41, 5.74) is 3.15. The summed E-state index contributed by atoms with van der Waals surface area (Å²) in [6.07, 6.45) is 1.03. The zero-order valence-electron chi connectivity index (χ0n) is 12.8. The third-order valence-corrected chi connectivity index (χ3v) is 4.44. The number of hydrogen-bond acceptors (Lipinski definition) is 3. The summed E-state index contributed by atoms with van der Waals surface area (Å²) >= 11 is 0. The van der Waals surface area contributed by atoms with Crippen molar-refractivity contribution in [3.63, 3.8) is 0 Å². The molecule has 1 aliphatic heterocycles. The molecule has 3 unspecified atom stereocenters. The van der Waals surface area contributed by atoms with Gasteiger partial charge in [0.15, 0.2) is 0 Å². The average Bonchev–Trinajstić information content (AvgIpc) is 2.92. The Bertz CT molecular complexity index is 464. The Balaban J connectivity index is 1.99. The van der Waals surface area contributed by atoms with Gasteiger partial charge in [-0.1, -0.05) is 13.8 Å². The number of amides is 1. The molecule has 0 radical (unpaired) electrons. The van der Waals surface area contributed by atoms with Crippen LogP contribution in [0.3, 0.4) is 0 Å². The lowest BCUT2D eigenvalue weighted by atomic mass is 9.95. The molecule has 0 aliphatic carbocycles. The van der Waals surface area contributed by atoms with Crippen molar-refractivity contribution in [1.82, 2.24) is 15.1 Å². The van der Waals surface area contributed by atoms with E-state index in [-0.39, 0.29) is 23.8 Å². The second-order valence-corrected chi connectivity index (χ2v) is 5.99. The fourth-order valence-electron chi connectivity index (χ4n) is 3.24. The predicted octanol–water partition coefficient (Wildman–Crippen LogP) is 1.75. The summed E-state index contributed by atoms with van der Waals surface area (Å²) in [7, 11) is 0. The summed E-state index contributed by atoms with van der Waals surface area (Å²) in [4.78, 5) is 14.2. The van der Waals surface area contributed by atoms with Gasteiger partial charge in [0.1, 0.15) is 0 Å². The van der Waals surface area contributed by atoms with Crippen LogP contribution in [0.2, 0.25) is 0 Å². The van der Waals surface area contributed by atoms with Crippen molar-refractivity contribution in [1.29, 1.82) is 0 Å². The van der Waals surface area contributed by atoms with Crippen LogP contribution in [-0.2, 0) is 4.79 Å². The normalized spacial score (nSPS) is 24.1. The van der Waals surface area contributed by atoms with E-state index in [1.807, 2.05) is 13.8 Å². The maximum Gasteiger partial charge on any atom is 0.223 e. The number of aryl methyl sites for hydroxylation is 2. The van der Waals surface area contributed by atoms with Crippen LogP contribution in [0.5, 0.6) is 0 Å². The molecule has 112 valence electrons. The summed E-state index contributed by atoms with van der Waals surface area (Å²) in [5.74, 6) is 0.512. The van der Waals surface area contributed by atoms with Gasteiger partial charge in [0.05, 0.1) is 11.8 Å². The number of β-amino-alcohol motifs (C(OH)–C–C–N with tert-alkyl or cyclic N) is 1. The molecule has 2 rings (SSSR count). The topological polar surface area (TPSA) is 69.2 Å². The SMILES string of the molecule is CCC1CN(C(=O)CC(C)c2c(C)n[nH]c2C)CC1O. The van der Waals surface area contributed by atoms with E-state index < -0.39 is 0 Å². The van der Waals surface area contributed by atoms with Crippen LogP contribution in [0.25, 0.3) is 0 Å². The van der Waals surface area contributed by atoms with Crippen molar-refractivity contribution in [3.05, 3.63) is 17.0 Å². The van der Waals surface area contributed by atoms with Crippen molar-refractivity contribution < 1.29 is 9.90 Å². The minimum atomic E-state index is -0.364. The molecular weight excluding hydrogens is 254 g/mol. The summed E-state index contributed by atoms with van der Waals surface area (Å²) < 4.78 is 0. The highest BCUT2D eigenvalue weighted by Gasteiger charge is 2.33. The van der Waals surface area contributed by atoms with Gasteiger partial charge < -0.3 is 10.0 Å². The summed E-state index contributed by atoms with van der Waals surface area (Å²) in [6, 6.07) is 0. The van der Waals surface area contributed by atoms with Crippen LogP contribution < -0.4 is 0 Å². The third kappa shape index (κ3) is 2.87. The Hall–Kier alpha value is -1.36. The lowest BCUT2D eigenvalue weighted by molar-refractivity contribution is -0.130. The summed E-state index contributed by atoms with van der Waals surface area (Å²) in [6.45, 7) is 9.24. The van der Waals surface area contributed by atoms with Crippen molar-refractivity contribution in [2.24, 2.45) is 5.92 Å². The lowest BCUT2D eigenvalue weighted by Gasteiger charge is -2.19. The molecule has 0 bridgehead atoms. The van der Waals surface area contributed by atoms with Crippen LogP contribution in [0, 0.1) is 19.8 Å². The quantitative estimate of drug-likeness (QED) is 0.882. The summed E-state index contributed by atoms with van der Waals surface area (Å²) in [5, 5.41) is 17.1. The number of aromatic amines is 1. The van der Waals surface area contributed by atoms with Gasteiger partial charge >= 0.3 is 0 Å². The molecule has 0 spiro atoms. The van der Waals surface area contributed by atoms with Gasteiger partial charge in [-0.2, -0.15) is 5.10 Å².